The molecule has 1 aliphatic rings. The summed E-state index contributed by atoms with van der Waals surface area (Å²) in [6.45, 7) is 8.64. The Balaban J connectivity index is 2.10. The molecule has 0 heterocycles. The Kier molecular flexibility index (Phi) is 7.01. The quantitative estimate of drug-likeness (QED) is 0.686. The molecular formula is C13H28N2O. The van der Waals surface area contributed by atoms with Gasteiger partial charge in [0, 0.05) is 38.8 Å². The summed E-state index contributed by atoms with van der Waals surface area (Å²) in [7, 11) is 1.77. The van der Waals surface area contributed by atoms with Gasteiger partial charge < -0.3 is 10.1 Å². The van der Waals surface area contributed by atoms with E-state index in [9.17, 15) is 0 Å². The van der Waals surface area contributed by atoms with Crippen LogP contribution in [0.5, 0.6) is 0 Å². The van der Waals surface area contributed by atoms with Gasteiger partial charge in [0.05, 0.1) is 6.61 Å². The molecule has 3 nitrogen and oxygen atoms in total. The Morgan fingerprint density at radius 1 is 1.25 bits per heavy atom. The number of hydrogen-bond donors (Lipinski definition) is 1. The lowest BCUT2D eigenvalue weighted by atomic mass is 10.2. The molecule has 0 aromatic carbocycles. The third kappa shape index (κ3) is 5.28. The maximum atomic E-state index is 5.14. The van der Waals surface area contributed by atoms with E-state index in [0.717, 1.165) is 32.3 Å². The monoisotopic (exact) mass is 228 g/mol. The minimum Gasteiger partial charge on any atom is -0.383 e. The molecule has 3 heteroatoms. The average molecular weight is 228 g/mol. The summed E-state index contributed by atoms with van der Waals surface area (Å²) >= 11 is 0. The molecule has 0 aromatic heterocycles. The van der Waals surface area contributed by atoms with Crippen LogP contribution in [0.1, 0.15) is 39.5 Å². The zero-order valence-corrected chi connectivity index (χ0v) is 11.2. The fraction of sp³-hybridized carbons (Fsp3) is 1.00. The molecule has 0 spiro atoms. The van der Waals surface area contributed by atoms with Gasteiger partial charge in [0.2, 0.25) is 0 Å². The van der Waals surface area contributed by atoms with Crippen LogP contribution in [-0.4, -0.2) is 50.3 Å². The van der Waals surface area contributed by atoms with E-state index < -0.39 is 0 Å². The van der Waals surface area contributed by atoms with Crippen molar-refractivity contribution in [1.29, 1.82) is 0 Å². The van der Waals surface area contributed by atoms with Crippen LogP contribution in [0.4, 0.5) is 0 Å². The summed E-state index contributed by atoms with van der Waals surface area (Å²) in [6.07, 6.45) is 5.57. The number of rotatable bonds is 8. The fourth-order valence-corrected chi connectivity index (χ4v) is 2.38. The SMILES string of the molecule is COCCN(CCNC1CCCC1)C(C)C. The van der Waals surface area contributed by atoms with E-state index in [2.05, 4.69) is 24.1 Å². The lowest BCUT2D eigenvalue weighted by Crippen LogP contribution is -2.40. The van der Waals surface area contributed by atoms with Gasteiger partial charge in [0.15, 0.2) is 0 Å². The summed E-state index contributed by atoms with van der Waals surface area (Å²) in [4.78, 5) is 2.48. The van der Waals surface area contributed by atoms with E-state index in [1.807, 2.05) is 0 Å². The van der Waals surface area contributed by atoms with Crippen LogP contribution in [0.2, 0.25) is 0 Å². The number of nitrogens with zero attached hydrogens (tertiary/aromatic N) is 1. The standard InChI is InChI=1S/C13H28N2O/c1-12(2)15(10-11-16-3)9-8-14-13-6-4-5-7-13/h12-14H,4-11H2,1-3H3. The molecule has 0 aliphatic heterocycles. The van der Waals surface area contributed by atoms with Crippen molar-refractivity contribution in [2.45, 2.75) is 51.6 Å². The molecule has 0 atom stereocenters. The van der Waals surface area contributed by atoms with Crippen molar-refractivity contribution in [1.82, 2.24) is 10.2 Å². The summed E-state index contributed by atoms with van der Waals surface area (Å²) in [5.74, 6) is 0. The van der Waals surface area contributed by atoms with Crippen molar-refractivity contribution >= 4 is 0 Å². The minimum absolute atomic E-state index is 0.612. The highest BCUT2D eigenvalue weighted by Gasteiger charge is 2.14. The van der Waals surface area contributed by atoms with Gasteiger partial charge in [-0.05, 0) is 26.7 Å². The predicted molar refractivity (Wildman–Crippen MR) is 68.8 cm³/mol. The second-order valence-corrected chi connectivity index (χ2v) is 5.06. The smallest absolute Gasteiger partial charge is 0.0589 e. The van der Waals surface area contributed by atoms with Gasteiger partial charge in [0.25, 0.3) is 0 Å². The third-order valence-electron chi connectivity index (χ3n) is 3.50. The second kappa shape index (κ2) is 8.04. The van der Waals surface area contributed by atoms with Gasteiger partial charge in [-0.1, -0.05) is 12.8 Å². The van der Waals surface area contributed by atoms with E-state index in [0.29, 0.717) is 6.04 Å². The zero-order chi connectivity index (χ0) is 11.8. The summed E-state index contributed by atoms with van der Waals surface area (Å²) in [5.41, 5.74) is 0. The van der Waals surface area contributed by atoms with Crippen LogP contribution in [0.15, 0.2) is 0 Å². The Morgan fingerprint density at radius 2 is 1.94 bits per heavy atom. The van der Waals surface area contributed by atoms with Crippen molar-refractivity contribution in [3.63, 3.8) is 0 Å². The lowest BCUT2D eigenvalue weighted by Gasteiger charge is -2.26. The van der Waals surface area contributed by atoms with Crippen LogP contribution in [0.3, 0.4) is 0 Å². The number of nitrogens with one attached hydrogen (secondary N) is 1. The molecule has 1 aliphatic carbocycles. The molecule has 1 rings (SSSR count). The average Bonchev–Trinajstić information content (AvgIpc) is 2.75. The second-order valence-electron chi connectivity index (χ2n) is 5.06. The molecule has 0 unspecified atom stereocenters. The Morgan fingerprint density at radius 3 is 2.50 bits per heavy atom. The van der Waals surface area contributed by atoms with E-state index in [-0.39, 0.29) is 0 Å². The predicted octanol–water partition coefficient (Wildman–Crippen LogP) is 1.88. The van der Waals surface area contributed by atoms with Gasteiger partial charge in [-0.15, -0.1) is 0 Å². The zero-order valence-electron chi connectivity index (χ0n) is 11.2. The molecule has 1 fully saturated rings. The van der Waals surface area contributed by atoms with Crippen LogP contribution < -0.4 is 5.32 Å². The first-order valence-corrected chi connectivity index (χ1v) is 6.70. The maximum absolute atomic E-state index is 5.14. The first-order chi connectivity index (χ1) is 7.74. The first kappa shape index (κ1) is 13.9. The molecule has 0 saturated heterocycles. The van der Waals surface area contributed by atoms with E-state index in [1.165, 1.54) is 25.7 Å². The topological polar surface area (TPSA) is 24.5 Å². The Bertz CT molecular complexity index is 167. The van der Waals surface area contributed by atoms with Gasteiger partial charge in [-0.2, -0.15) is 0 Å². The Labute approximate surface area is 101 Å². The van der Waals surface area contributed by atoms with Gasteiger partial charge in [0.1, 0.15) is 0 Å². The first-order valence-electron chi connectivity index (χ1n) is 6.70. The van der Waals surface area contributed by atoms with Gasteiger partial charge in [-0.3, -0.25) is 4.90 Å². The van der Waals surface area contributed by atoms with Gasteiger partial charge >= 0.3 is 0 Å². The Hall–Kier alpha value is -0.120. The van der Waals surface area contributed by atoms with E-state index in [4.69, 9.17) is 4.74 Å². The summed E-state index contributed by atoms with van der Waals surface area (Å²) in [5, 5.41) is 3.66. The van der Waals surface area contributed by atoms with Crippen molar-refractivity contribution in [3.05, 3.63) is 0 Å². The fourth-order valence-electron chi connectivity index (χ4n) is 2.38. The molecule has 16 heavy (non-hydrogen) atoms. The highest BCUT2D eigenvalue weighted by molar-refractivity contribution is 4.74. The minimum atomic E-state index is 0.612. The molecule has 1 saturated carbocycles. The number of ether oxygens (including phenoxy) is 1. The molecule has 96 valence electrons. The number of methoxy groups -OCH3 is 1. The van der Waals surface area contributed by atoms with E-state index >= 15 is 0 Å². The molecule has 1 N–H and O–H groups in total. The van der Waals surface area contributed by atoms with Crippen molar-refractivity contribution in [3.8, 4) is 0 Å². The molecule has 0 aromatic rings. The van der Waals surface area contributed by atoms with Crippen molar-refractivity contribution < 1.29 is 4.74 Å². The van der Waals surface area contributed by atoms with Gasteiger partial charge in [-0.25, -0.2) is 0 Å². The maximum Gasteiger partial charge on any atom is 0.0589 e. The van der Waals surface area contributed by atoms with Crippen LogP contribution >= 0.6 is 0 Å². The lowest BCUT2D eigenvalue weighted by molar-refractivity contribution is 0.129. The van der Waals surface area contributed by atoms with Crippen LogP contribution in [-0.2, 0) is 4.74 Å². The molecular weight excluding hydrogens is 200 g/mol. The molecule has 0 amide bonds. The highest BCUT2D eigenvalue weighted by Crippen LogP contribution is 2.17. The van der Waals surface area contributed by atoms with Crippen molar-refractivity contribution in [2.24, 2.45) is 0 Å². The number of hydrogen-bond acceptors (Lipinski definition) is 3. The van der Waals surface area contributed by atoms with Crippen molar-refractivity contribution in [2.75, 3.05) is 33.4 Å². The molecule has 0 bridgehead atoms. The van der Waals surface area contributed by atoms with Crippen LogP contribution in [0, 0.1) is 0 Å². The summed E-state index contributed by atoms with van der Waals surface area (Å²) in [6, 6.07) is 1.40. The normalized spacial score (nSPS) is 17.8. The van der Waals surface area contributed by atoms with E-state index in [1.54, 1.807) is 7.11 Å². The largest absolute Gasteiger partial charge is 0.383 e. The van der Waals surface area contributed by atoms with Crippen LogP contribution in [0.25, 0.3) is 0 Å². The highest BCUT2D eigenvalue weighted by atomic mass is 16.5. The summed E-state index contributed by atoms with van der Waals surface area (Å²) < 4.78 is 5.14. The molecule has 0 radical (unpaired) electrons. The third-order valence-corrected chi connectivity index (χ3v) is 3.50.